The first-order valence-corrected chi connectivity index (χ1v) is 6.22. The molecular formula is C13H16O4. The van der Waals surface area contributed by atoms with Gasteiger partial charge in [-0.2, -0.15) is 0 Å². The van der Waals surface area contributed by atoms with Gasteiger partial charge in [0.25, 0.3) is 0 Å². The molecular weight excluding hydrogens is 220 g/mol. The molecule has 1 spiro atoms. The quantitative estimate of drug-likeness (QED) is 0.716. The highest BCUT2D eigenvalue weighted by atomic mass is 16.4. The standard InChI is InChI=1S/C13H16O4/c14-11(15)9-7-3-4-8(10(9)12(16)17)13(7)5-1-2-6-13/h3-4,7-10H,1-2,5-6H2,(H,14,15)(H,16,17)/t7-,8-,9-,10-/m1/s1. The van der Waals surface area contributed by atoms with Gasteiger partial charge in [-0.3, -0.25) is 9.59 Å². The van der Waals surface area contributed by atoms with E-state index in [1.165, 1.54) is 0 Å². The lowest BCUT2D eigenvalue weighted by atomic mass is 9.74. The molecule has 2 fully saturated rings. The van der Waals surface area contributed by atoms with E-state index >= 15 is 0 Å². The molecule has 0 saturated heterocycles. The second-order valence-electron chi connectivity index (χ2n) is 5.60. The van der Waals surface area contributed by atoms with Crippen LogP contribution in [-0.4, -0.2) is 22.2 Å². The van der Waals surface area contributed by atoms with Crippen LogP contribution in [0.1, 0.15) is 25.7 Å². The van der Waals surface area contributed by atoms with Crippen molar-refractivity contribution in [1.82, 2.24) is 0 Å². The first-order chi connectivity index (χ1) is 8.08. The summed E-state index contributed by atoms with van der Waals surface area (Å²) in [7, 11) is 0. The molecule has 0 aromatic heterocycles. The van der Waals surface area contributed by atoms with Crippen molar-refractivity contribution in [2.45, 2.75) is 25.7 Å². The minimum atomic E-state index is -0.944. The molecule has 0 heterocycles. The molecule has 4 heteroatoms. The van der Waals surface area contributed by atoms with Crippen molar-refractivity contribution in [1.29, 1.82) is 0 Å². The van der Waals surface area contributed by atoms with E-state index in [-0.39, 0.29) is 17.3 Å². The lowest BCUT2D eigenvalue weighted by molar-refractivity contribution is -0.154. The van der Waals surface area contributed by atoms with Crippen LogP contribution in [0.5, 0.6) is 0 Å². The van der Waals surface area contributed by atoms with E-state index in [2.05, 4.69) is 0 Å². The van der Waals surface area contributed by atoms with Crippen LogP contribution < -0.4 is 0 Å². The zero-order valence-electron chi connectivity index (χ0n) is 9.50. The van der Waals surface area contributed by atoms with Crippen LogP contribution >= 0.6 is 0 Å². The third-order valence-corrected chi connectivity index (χ3v) is 5.12. The lowest BCUT2D eigenvalue weighted by Crippen LogP contribution is -2.32. The second kappa shape index (κ2) is 3.34. The molecule has 17 heavy (non-hydrogen) atoms. The average molecular weight is 236 g/mol. The smallest absolute Gasteiger partial charge is 0.308 e. The van der Waals surface area contributed by atoms with Gasteiger partial charge in [0.1, 0.15) is 0 Å². The summed E-state index contributed by atoms with van der Waals surface area (Å²) in [5.74, 6) is -3.45. The molecule has 0 radical (unpaired) electrons. The number of rotatable bonds is 2. The van der Waals surface area contributed by atoms with Crippen molar-refractivity contribution in [3.8, 4) is 0 Å². The fraction of sp³-hybridized carbons (Fsp3) is 0.692. The van der Waals surface area contributed by atoms with E-state index in [4.69, 9.17) is 0 Å². The summed E-state index contributed by atoms with van der Waals surface area (Å²) >= 11 is 0. The second-order valence-corrected chi connectivity index (χ2v) is 5.60. The molecule has 0 aromatic rings. The van der Waals surface area contributed by atoms with Gasteiger partial charge < -0.3 is 10.2 Å². The van der Waals surface area contributed by atoms with Gasteiger partial charge in [0.2, 0.25) is 0 Å². The Kier molecular flexibility index (Phi) is 2.12. The first-order valence-electron chi connectivity index (χ1n) is 6.22. The molecule has 3 rings (SSSR count). The highest BCUT2D eigenvalue weighted by Gasteiger charge is 2.65. The highest BCUT2D eigenvalue weighted by molar-refractivity contribution is 5.83. The molecule has 3 aliphatic rings. The predicted octanol–water partition coefficient (Wildman–Crippen LogP) is 1.76. The fourth-order valence-corrected chi connectivity index (χ4v) is 4.56. The molecule has 4 nitrogen and oxygen atoms in total. The van der Waals surface area contributed by atoms with Gasteiger partial charge in [-0.25, -0.2) is 0 Å². The van der Waals surface area contributed by atoms with Gasteiger partial charge in [-0.05, 0) is 30.1 Å². The lowest BCUT2D eigenvalue weighted by Gasteiger charge is -2.30. The Morgan fingerprint density at radius 2 is 1.35 bits per heavy atom. The average Bonchev–Trinajstić information content (AvgIpc) is 2.94. The summed E-state index contributed by atoms with van der Waals surface area (Å²) in [5.41, 5.74) is -0.0495. The van der Waals surface area contributed by atoms with E-state index < -0.39 is 23.8 Å². The Balaban J connectivity index is 2.05. The van der Waals surface area contributed by atoms with Crippen LogP contribution in [0.4, 0.5) is 0 Å². The fourth-order valence-electron chi connectivity index (χ4n) is 4.56. The van der Waals surface area contributed by atoms with E-state index in [0.29, 0.717) is 0 Å². The number of hydrogen-bond acceptors (Lipinski definition) is 2. The summed E-state index contributed by atoms with van der Waals surface area (Å²) in [6, 6.07) is 0. The van der Waals surface area contributed by atoms with Gasteiger partial charge >= 0.3 is 11.9 Å². The minimum Gasteiger partial charge on any atom is -0.481 e. The molecule has 0 unspecified atom stereocenters. The van der Waals surface area contributed by atoms with Crippen molar-refractivity contribution < 1.29 is 19.8 Å². The van der Waals surface area contributed by atoms with Gasteiger partial charge in [-0.1, -0.05) is 25.0 Å². The van der Waals surface area contributed by atoms with E-state index in [0.717, 1.165) is 25.7 Å². The molecule has 4 atom stereocenters. The van der Waals surface area contributed by atoms with Crippen molar-refractivity contribution in [2.75, 3.05) is 0 Å². The van der Waals surface area contributed by atoms with Crippen LogP contribution in [0.25, 0.3) is 0 Å². The Morgan fingerprint density at radius 1 is 0.941 bits per heavy atom. The van der Waals surface area contributed by atoms with Gasteiger partial charge in [0.05, 0.1) is 11.8 Å². The van der Waals surface area contributed by atoms with Crippen LogP contribution in [-0.2, 0) is 9.59 Å². The Labute approximate surface area is 99.3 Å². The molecule has 2 saturated carbocycles. The maximum Gasteiger partial charge on any atom is 0.308 e. The third-order valence-electron chi connectivity index (χ3n) is 5.12. The van der Waals surface area contributed by atoms with E-state index in [1.807, 2.05) is 12.2 Å². The summed E-state index contributed by atoms with van der Waals surface area (Å²) in [5, 5.41) is 18.6. The Morgan fingerprint density at radius 3 is 1.71 bits per heavy atom. The van der Waals surface area contributed by atoms with Gasteiger partial charge in [-0.15, -0.1) is 0 Å². The third kappa shape index (κ3) is 1.18. The largest absolute Gasteiger partial charge is 0.481 e. The molecule has 0 aromatic carbocycles. The summed E-state index contributed by atoms with van der Waals surface area (Å²) in [4.78, 5) is 22.7. The van der Waals surface area contributed by atoms with Crippen molar-refractivity contribution in [2.24, 2.45) is 29.1 Å². The number of aliphatic carboxylic acids is 2. The summed E-state index contributed by atoms with van der Waals surface area (Å²) in [6.45, 7) is 0. The Hall–Kier alpha value is -1.32. The monoisotopic (exact) mass is 236 g/mol. The van der Waals surface area contributed by atoms with Crippen LogP contribution in [0, 0.1) is 29.1 Å². The molecule has 2 bridgehead atoms. The number of carboxylic acid groups (broad SMARTS) is 2. The highest BCUT2D eigenvalue weighted by Crippen LogP contribution is 2.66. The maximum atomic E-state index is 11.3. The number of carboxylic acids is 2. The van der Waals surface area contributed by atoms with Gasteiger partial charge in [0.15, 0.2) is 0 Å². The topological polar surface area (TPSA) is 74.6 Å². The van der Waals surface area contributed by atoms with Crippen molar-refractivity contribution in [3.63, 3.8) is 0 Å². The number of hydrogen-bond donors (Lipinski definition) is 2. The SMILES string of the molecule is O=C(O)[C@H]1[C@H](C(=O)O)[C@H]2C=C[C@H]1C21CCCC1. The zero-order valence-corrected chi connectivity index (χ0v) is 9.50. The molecule has 3 aliphatic carbocycles. The first kappa shape index (κ1) is 10.8. The molecule has 0 amide bonds. The normalized spacial score (nSPS) is 41.2. The van der Waals surface area contributed by atoms with Crippen LogP contribution in [0.3, 0.4) is 0 Å². The van der Waals surface area contributed by atoms with Crippen LogP contribution in [0.15, 0.2) is 12.2 Å². The summed E-state index contributed by atoms with van der Waals surface area (Å²) in [6.07, 6.45) is 8.12. The maximum absolute atomic E-state index is 11.3. The van der Waals surface area contributed by atoms with Crippen LogP contribution in [0.2, 0.25) is 0 Å². The molecule has 2 N–H and O–H groups in total. The Bertz CT molecular complexity index is 374. The number of allylic oxidation sites excluding steroid dienone is 2. The van der Waals surface area contributed by atoms with Gasteiger partial charge in [0, 0.05) is 0 Å². The summed E-state index contributed by atoms with van der Waals surface area (Å²) < 4.78 is 0. The van der Waals surface area contributed by atoms with E-state index in [9.17, 15) is 19.8 Å². The van der Waals surface area contributed by atoms with Crippen molar-refractivity contribution >= 4 is 11.9 Å². The van der Waals surface area contributed by atoms with E-state index in [1.54, 1.807) is 0 Å². The molecule has 0 aliphatic heterocycles. The molecule has 92 valence electrons. The number of carbonyl (C=O) groups is 2. The van der Waals surface area contributed by atoms with Crippen molar-refractivity contribution in [3.05, 3.63) is 12.2 Å². The zero-order chi connectivity index (χ0) is 12.2. The minimum absolute atomic E-state index is 0.0495. The predicted molar refractivity (Wildman–Crippen MR) is 59.3 cm³/mol.